The maximum atomic E-state index is 11.8. The predicted molar refractivity (Wildman–Crippen MR) is 99.4 cm³/mol. The molecule has 0 atom stereocenters. The summed E-state index contributed by atoms with van der Waals surface area (Å²) >= 11 is 0. The van der Waals surface area contributed by atoms with Gasteiger partial charge in [-0.2, -0.15) is 0 Å². The quantitative estimate of drug-likeness (QED) is 0.714. The van der Waals surface area contributed by atoms with Crippen molar-refractivity contribution < 1.29 is 4.79 Å². The molecule has 6 nitrogen and oxygen atoms in total. The van der Waals surface area contributed by atoms with Crippen LogP contribution in [0.25, 0.3) is 11.0 Å². The minimum atomic E-state index is 0.0436. The highest BCUT2D eigenvalue weighted by Crippen LogP contribution is 2.22. The van der Waals surface area contributed by atoms with Gasteiger partial charge in [0, 0.05) is 31.0 Å². The van der Waals surface area contributed by atoms with Crippen LogP contribution in [-0.4, -0.2) is 25.0 Å². The van der Waals surface area contributed by atoms with Gasteiger partial charge in [0.05, 0.1) is 23.9 Å². The molecule has 3 rings (SSSR count). The number of nitrogens with zero attached hydrogens (tertiary/aromatic N) is 4. The maximum Gasteiger partial charge on any atom is 0.224 e. The first kappa shape index (κ1) is 17.2. The number of benzene rings is 1. The number of imidazole rings is 2. The van der Waals surface area contributed by atoms with Gasteiger partial charge in [0.15, 0.2) is 0 Å². The Morgan fingerprint density at radius 2 is 2.16 bits per heavy atom. The molecule has 2 heterocycles. The summed E-state index contributed by atoms with van der Waals surface area (Å²) in [6.07, 6.45) is 6.89. The second-order valence-corrected chi connectivity index (χ2v) is 6.77. The summed E-state index contributed by atoms with van der Waals surface area (Å²) in [5, 5.41) is 2.95. The Morgan fingerprint density at radius 1 is 1.32 bits per heavy atom. The van der Waals surface area contributed by atoms with Crippen LogP contribution in [-0.2, 0) is 17.9 Å². The Hall–Kier alpha value is -2.63. The number of amides is 1. The maximum absolute atomic E-state index is 11.8. The fraction of sp³-hybridized carbons (Fsp3) is 0.421. The van der Waals surface area contributed by atoms with E-state index in [9.17, 15) is 4.79 Å². The van der Waals surface area contributed by atoms with Crippen molar-refractivity contribution in [2.45, 2.75) is 46.7 Å². The van der Waals surface area contributed by atoms with Gasteiger partial charge in [-0.15, -0.1) is 0 Å². The van der Waals surface area contributed by atoms with Gasteiger partial charge >= 0.3 is 0 Å². The van der Waals surface area contributed by atoms with Crippen molar-refractivity contribution in [3.63, 3.8) is 0 Å². The number of carbonyl (C=O) groups excluding carboxylic acids is 1. The summed E-state index contributed by atoms with van der Waals surface area (Å²) in [6, 6.07) is 5.95. The lowest BCUT2D eigenvalue weighted by Crippen LogP contribution is -2.11. The van der Waals surface area contributed by atoms with Crippen LogP contribution >= 0.6 is 0 Å². The van der Waals surface area contributed by atoms with Crippen LogP contribution in [0.3, 0.4) is 0 Å². The number of aromatic nitrogens is 4. The number of nitrogens with one attached hydrogen (secondary N) is 1. The standard InChI is InChI=1S/C19H25N5O/c1-4-5-19(25)21-15-6-7-17-16(10-15)22-18(24(17)11-14(2)3)12-23-9-8-20-13-23/h6-10,13-14H,4-5,11-12H2,1-3H3,(H,21,25). The van der Waals surface area contributed by atoms with E-state index in [0.717, 1.165) is 35.5 Å². The lowest BCUT2D eigenvalue weighted by atomic mass is 10.2. The molecule has 0 saturated heterocycles. The number of hydrogen-bond acceptors (Lipinski definition) is 3. The van der Waals surface area contributed by atoms with Gasteiger partial charge in [-0.25, -0.2) is 9.97 Å². The smallest absolute Gasteiger partial charge is 0.224 e. The monoisotopic (exact) mass is 339 g/mol. The fourth-order valence-electron chi connectivity index (χ4n) is 2.94. The van der Waals surface area contributed by atoms with Crippen LogP contribution in [0.4, 0.5) is 5.69 Å². The molecule has 0 aliphatic rings. The van der Waals surface area contributed by atoms with E-state index in [1.54, 1.807) is 12.5 Å². The molecule has 1 N–H and O–H groups in total. The minimum Gasteiger partial charge on any atom is -0.330 e. The van der Waals surface area contributed by atoms with Crippen molar-refractivity contribution in [2.24, 2.45) is 5.92 Å². The van der Waals surface area contributed by atoms with Gasteiger partial charge in [0.1, 0.15) is 5.82 Å². The Labute approximate surface area is 147 Å². The molecule has 2 aromatic heterocycles. The van der Waals surface area contributed by atoms with E-state index in [0.29, 0.717) is 18.9 Å². The van der Waals surface area contributed by atoms with Crippen molar-refractivity contribution in [3.8, 4) is 0 Å². The van der Waals surface area contributed by atoms with Gasteiger partial charge in [-0.1, -0.05) is 20.8 Å². The SMILES string of the molecule is CCCC(=O)Nc1ccc2c(c1)nc(Cn1ccnc1)n2CC(C)C. The number of rotatable bonds is 7. The summed E-state index contributed by atoms with van der Waals surface area (Å²) in [4.78, 5) is 20.8. The minimum absolute atomic E-state index is 0.0436. The molecule has 1 amide bonds. The largest absolute Gasteiger partial charge is 0.330 e. The van der Waals surface area contributed by atoms with Crippen LogP contribution in [0.15, 0.2) is 36.9 Å². The first-order valence-corrected chi connectivity index (χ1v) is 8.81. The molecule has 0 spiro atoms. The van der Waals surface area contributed by atoms with Crippen LogP contribution in [0, 0.1) is 5.92 Å². The summed E-state index contributed by atoms with van der Waals surface area (Å²) in [7, 11) is 0. The van der Waals surface area contributed by atoms with Gasteiger partial charge in [-0.3, -0.25) is 4.79 Å². The summed E-state index contributed by atoms with van der Waals surface area (Å²) in [5.74, 6) is 1.56. The van der Waals surface area contributed by atoms with E-state index < -0.39 is 0 Å². The summed E-state index contributed by atoms with van der Waals surface area (Å²) in [5.41, 5.74) is 2.80. The van der Waals surface area contributed by atoms with Crippen LogP contribution in [0.1, 0.15) is 39.4 Å². The highest BCUT2D eigenvalue weighted by Gasteiger charge is 2.13. The molecule has 0 aliphatic carbocycles. The predicted octanol–water partition coefficient (Wildman–Crippen LogP) is 3.68. The number of fused-ring (bicyclic) bond motifs is 1. The third kappa shape index (κ3) is 4.07. The molecule has 25 heavy (non-hydrogen) atoms. The Bertz CT molecular complexity index is 848. The molecule has 132 valence electrons. The third-order valence-corrected chi connectivity index (χ3v) is 4.02. The number of carbonyl (C=O) groups is 1. The average molecular weight is 339 g/mol. The molecule has 0 saturated carbocycles. The summed E-state index contributed by atoms with van der Waals surface area (Å²) < 4.78 is 4.28. The molecule has 0 aliphatic heterocycles. The molecule has 1 aromatic carbocycles. The van der Waals surface area contributed by atoms with Crippen molar-refractivity contribution in [1.29, 1.82) is 0 Å². The van der Waals surface area contributed by atoms with Gasteiger partial charge < -0.3 is 14.5 Å². The second kappa shape index (κ2) is 7.51. The zero-order valence-electron chi connectivity index (χ0n) is 15.1. The fourth-order valence-corrected chi connectivity index (χ4v) is 2.94. The van der Waals surface area contributed by atoms with Crippen LogP contribution in [0.5, 0.6) is 0 Å². The van der Waals surface area contributed by atoms with Crippen LogP contribution in [0.2, 0.25) is 0 Å². The topological polar surface area (TPSA) is 64.7 Å². The van der Waals surface area contributed by atoms with Crippen molar-refractivity contribution in [2.75, 3.05) is 5.32 Å². The van der Waals surface area contributed by atoms with E-state index in [4.69, 9.17) is 4.98 Å². The van der Waals surface area contributed by atoms with E-state index in [1.165, 1.54) is 0 Å². The van der Waals surface area contributed by atoms with Crippen molar-refractivity contribution >= 4 is 22.6 Å². The first-order chi connectivity index (χ1) is 12.1. The lowest BCUT2D eigenvalue weighted by molar-refractivity contribution is -0.116. The first-order valence-electron chi connectivity index (χ1n) is 8.81. The third-order valence-electron chi connectivity index (χ3n) is 4.02. The second-order valence-electron chi connectivity index (χ2n) is 6.77. The number of hydrogen-bond donors (Lipinski definition) is 1. The van der Waals surface area contributed by atoms with E-state index >= 15 is 0 Å². The highest BCUT2D eigenvalue weighted by atomic mass is 16.1. The molecule has 0 radical (unpaired) electrons. The molecule has 0 bridgehead atoms. The van der Waals surface area contributed by atoms with E-state index in [-0.39, 0.29) is 5.91 Å². The van der Waals surface area contributed by atoms with Crippen LogP contribution < -0.4 is 5.32 Å². The molecular weight excluding hydrogens is 314 g/mol. The molecule has 3 aromatic rings. The van der Waals surface area contributed by atoms with Gasteiger partial charge in [0.2, 0.25) is 5.91 Å². The average Bonchev–Trinajstić information content (AvgIpc) is 3.16. The number of anilines is 1. The zero-order valence-corrected chi connectivity index (χ0v) is 15.1. The zero-order chi connectivity index (χ0) is 17.8. The molecule has 0 unspecified atom stereocenters. The van der Waals surface area contributed by atoms with Gasteiger partial charge in [0.25, 0.3) is 0 Å². The van der Waals surface area contributed by atoms with E-state index in [1.807, 2.05) is 35.9 Å². The normalized spacial score (nSPS) is 11.4. The van der Waals surface area contributed by atoms with Crippen molar-refractivity contribution in [1.82, 2.24) is 19.1 Å². The van der Waals surface area contributed by atoms with E-state index in [2.05, 4.69) is 28.7 Å². The van der Waals surface area contributed by atoms with Gasteiger partial charge in [-0.05, 0) is 30.5 Å². The highest BCUT2D eigenvalue weighted by molar-refractivity contribution is 5.93. The molecule has 6 heteroatoms. The Morgan fingerprint density at radius 3 is 2.84 bits per heavy atom. The van der Waals surface area contributed by atoms with Crippen molar-refractivity contribution in [3.05, 3.63) is 42.7 Å². The Balaban J connectivity index is 1.95. The Kier molecular flexibility index (Phi) is 5.16. The lowest BCUT2D eigenvalue weighted by Gasteiger charge is -2.12. The summed E-state index contributed by atoms with van der Waals surface area (Å²) in [6.45, 7) is 7.98. The molecule has 0 fully saturated rings. The molecular formula is C19H25N5O.